The monoisotopic (exact) mass is 357 g/mol. The van der Waals surface area contributed by atoms with E-state index in [1.54, 1.807) is 4.90 Å². The number of hydrogen-bond acceptors (Lipinski definition) is 4. The van der Waals surface area contributed by atoms with Gasteiger partial charge in [0, 0.05) is 13.0 Å². The van der Waals surface area contributed by atoms with Crippen molar-refractivity contribution in [3.05, 3.63) is 29.8 Å². The van der Waals surface area contributed by atoms with E-state index in [0.717, 1.165) is 37.9 Å². The van der Waals surface area contributed by atoms with Crippen LogP contribution in [0.25, 0.3) is 0 Å². The van der Waals surface area contributed by atoms with Gasteiger partial charge in [0.1, 0.15) is 11.8 Å². The zero-order chi connectivity index (χ0) is 17.9. The number of ketones is 1. The number of amides is 1. The first-order valence-corrected chi connectivity index (χ1v) is 9.88. The van der Waals surface area contributed by atoms with Gasteiger partial charge in [-0.1, -0.05) is 18.2 Å². The molecule has 1 aromatic rings. The molecule has 2 bridgehead atoms. The van der Waals surface area contributed by atoms with Gasteiger partial charge in [-0.15, -0.1) is 0 Å². The Morgan fingerprint density at radius 2 is 1.81 bits per heavy atom. The Kier molecular flexibility index (Phi) is 5.25. The molecule has 5 rings (SSSR count). The van der Waals surface area contributed by atoms with Crippen LogP contribution in [0.2, 0.25) is 0 Å². The maximum atomic E-state index is 12.7. The third-order valence-electron chi connectivity index (χ3n) is 5.99. The second-order valence-electron chi connectivity index (χ2n) is 7.62. The van der Waals surface area contributed by atoms with Gasteiger partial charge in [0.25, 0.3) is 0 Å². The van der Waals surface area contributed by atoms with Gasteiger partial charge in [0.05, 0.1) is 25.7 Å². The molecular formula is C21H27NO4. The maximum absolute atomic E-state index is 12.7. The second kappa shape index (κ2) is 7.78. The number of piperidine rings is 1. The molecule has 1 aliphatic carbocycles. The van der Waals surface area contributed by atoms with E-state index in [4.69, 9.17) is 9.47 Å². The molecule has 140 valence electrons. The van der Waals surface area contributed by atoms with Crippen molar-refractivity contribution in [2.75, 3.05) is 19.8 Å². The molecule has 1 amide bonds. The Morgan fingerprint density at radius 1 is 1.00 bits per heavy atom. The lowest BCUT2D eigenvalue weighted by atomic mass is 9.82. The number of carbonyl (C=O) groups is 2. The Bertz CT molecular complexity index is 666. The topological polar surface area (TPSA) is 55.8 Å². The minimum atomic E-state index is -0.413. The van der Waals surface area contributed by atoms with Crippen LogP contribution in [0.4, 0.5) is 0 Å². The van der Waals surface area contributed by atoms with Crippen molar-refractivity contribution in [3.8, 4) is 5.75 Å². The molecule has 0 N–H and O–H groups in total. The molecular weight excluding hydrogens is 330 g/mol. The fourth-order valence-corrected chi connectivity index (χ4v) is 4.51. The first kappa shape index (κ1) is 17.5. The molecule has 4 aliphatic rings. The first-order chi connectivity index (χ1) is 12.7. The van der Waals surface area contributed by atoms with Crippen molar-refractivity contribution in [3.63, 3.8) is 0 Å². The van der Waals surface area contributed by atoms with Gasteiger partial charge < -0.3 is 14.4 Å². The fraction of sp³-hybridized carbons (Fsp3) is 0.619. The molecule has 1 saturated heterocycles. The highest BCUT2D eigenvalue weighted by Gasteiger charge is 2.34. The minimum absolute atomic E-state index is 0.00801. The number of para-hydroxylation sites is 1. The molecule has 1 unspecified atom stereocenters. The van der Waals surface area contributed by atoms with Crippen molar-refractivity contribution in [2.24, 2.45) is 0 Å². The van der Waals surface area contributed by atoms with Crippen LogP contribution in [0, 0.1) is 0 Å². The van der Waals surface area contributed by atoms with E-state index in [9.17, 15) is 9.59 Å². The van der Waals surface area contributed by atoms with E-state index in [1.807, 2.05) is 12.1 Å². The number of rotatable bonds is 0. The lowest BCUT2D eigenvalue weighted by Crippen LogP contribution is -2.52. The largest absolute Gasteiger partial charge is 0.493 e. The van der Waals surface area contributed by atoms with Gasteiger partial charge in [-0.05, 0) is 49.7 Å². The molecule has 2 fully saturated rings. The number of hydrogen-bond donors (Lipinski definition) is 0. The molecule has 1 saturated carbocycles. The third kappa shape index (κ3) is 3.63. The highest BCUT2D eigenvalue weighted by molar-refractivity contribution is 5.90. The van der Waals surface area contributed by atoms with Crippen LogP contribution in [0.5, 0.6) is 5.75 Å². The number of nitrogens with zero attached hydrogens (tertiary/aromatic N) is 1. The van der Waals surface area contributed by atoms with E-state index < -0.39 is 6.04 Å². The van der Waals surface area contributed by atoms with Crippen LogP contribution in [-0.2, 0) is 14.3 Å². The van der Waals surface area contributed by atoms with Gasteiger partial charge in [-0.3, -0.25) is 9.59 Å². The summed E-state index contributed by atoms with van der Waals surface area (Å²) in [4.78, 5) is 26.8. The Hall–Kier alpha value is -1.88. The fourth-order valence-electron chi connectivity index (χ4n) is 4.51. The summed E-state index contributed by atoms with van der Waals surface area (Å²) in [6, 6.07) is 7.78. The zero-order valence-electron chi connectivity index (χ0n) is 15.2. The Balaban J connectivity index is 1.57. The predicted molar refractivity (Wildman–Crippen MR) is 97.2 cm³/mol. The van der Waals surface area contributed by atoms with E-state index in [1.165, 1.54) is 5.56 Å². The van der Waals surface area contributed by atoms with E-state index >= 15 is 0 Å². The Labute approximate surface area is 154 Å². The smallest absolute Gasteiger partial charge is 0.226 e. The number of carbonyl (C=O) groups excluding carboxylic acids is 2. The zero-order valence-corrected chi connectivity index (χ0v) is 15.2. The number of Topliss-reactive ketones (excluding diaryl/α,β-unsaturated/α-hetero) is 1. The summed E-state index contributed by atoms with van der Waals surface area (Å²) in [5.74, 6) is 1.51. The summed E-state index contributed by atoms with van der Waals surface area (Å²) in [5, 5.41) is 0. The quantitative estimate of drug-likeness (QED) is 0.716. The lowest BCUT2D eigenvalue weighted by molar-refractivity contribution is -0.146. The first-order valence-electron chi connectivity index (χ1n) is 9.88. The van der Waals surface area contributed by atoms with Crippen LogP contribution in [0.3, 0.4) is 0 Å². The Morgan fingerprint density at radius 3 is 2.65 bits per heavy atom. The van der Waals surface area contributed by atoms with Crippen LogP contribution in [-0.4, -0.2) is 48.5 Å². The number of benzene rings is 1. The van der Waals surface area contributed by atoms with Crippen molar-refractivity contribution in [2.45, 2.75) is 63.0 Å². The van der Waals surface area contributed by atoms with E-state index in [-0.39, 0.29) is 17.8 Å². The summed E-state index contributed by atoms with van der Waals surface area (Å²) < 4.78 is 12.1. The second-order valence-corrected chi connectivity index (χ2v) is 7.62. The van der Waals surface area contributed by atoms with Gasteiger partial charge in [0.15, 0.2) is 5.78 Å². The molecule has 0 spiro atoms. The van der Waals surface area contributed by atoms with Crippen molar-refractivity contribution in [1.29, 1.82) is 0 Å². The van der Waals surface area contributed by atoms with Crippen LogP contribution < -0.4 is 4.74 Å². The molecule has 5 heteroatoms. The van der Waals surface area contributed by atoms with Crippen molar-refractivity contribution in [1.82, 2.24) is 4.90 Å². The van der Waals surface area contributed by atoms with Crippen molar-refractivity contribution >= 4 is 11.7 Å². The lowest BCUT2D eigenvalue weighted by Gasteiger charge is -2.37. The molecule has 0 radical (unpaired) electrons. The van der Waals surface area contributed by atoms with Gasteiger partial charge in [0.2, 0.25) is 5.91 Å². The maximum Gasteiger partial charge on any atom is 0.226 e. The summed E-state index contributed by atoms with van der Waals surface area (Å²) >= 11 is 0. The summed E-state index contributed by atoms with van der Waals surface area (Å²) in [5.41, 5.74) is 1.25. The van der Waals surface area contributed by atoms with Crippen LogP contribution in [0.15, 0.2) is 24.3 Å². The number of ether oxygens (including phenoxy) is 2. The average molecular weight is 357 g/mol. The normalized spacial score (nSPS) is 30.2. The SMILES string of the molecule is O=C1CCCN2C(=O)CCOc3ccccc3C3CCC(CC3)OCC12. The van der Waals surface area contributed by atoms with Gasteiger partial charge in [-0.25, -0.2) is 0 Å². The van der Waals surface area contributed by atoms with Gasteiger partial charge >= 0.3 is 0 Å². The molecule has 0 aromatic heterocycles. The summed E-state index contributed by atoms with van der Waals surface area (Å²) in [6.45, 7) is 1.34. The molecule has 3 aliphatic heterocycles. The van der Waals surface area contributed by atoms with Crippen LogP contribution in [0.1, 0.15) is 56.4 Å². The number of fused-ring (bicyclic) bond motifs is 6. The summed E-state index contributed by atoms with van der Waals surface area (Å²) in [7, 11) is 0. The summed E-state index contributed by atoms with van der Waals surface area (Å²) in [6.07, 6.45) is 5.92. The van der Waals surface area contributed by atoms with Crippen molar-refractivity contribution < 1.29 is 19.1 Å². The predicted octanol–water partition coefficient (Wildman–Crippen LogP) is 3.07. The standard InChI is InChI=1S/C21H27NO4/c23-19-5-3-12-22-18(19)14-26-16-9-7-15(8-10-16)17-4-1-2-6-20(17)25-13-11-21(22)24/h1-2,4,6,15-16,18H,3,5,7-14H2. The molecule has 3 heterocycles. The molecule has 1 atom stereocenters. The third-order valence-corrected chi connectivity index (χ3v) is 5.99. The molecule has 5 nitrogen and oxygen atoms in total. The molecule has 1 aromatic carbocycles. The molecule has 26 heavy (non-hydrogen) atoms. The highest BCUT2D eigenvalue weighted by atomic mass is 16.5. The van der Waals surface area contributed by atoms with E-state index in [2.05, 4.69) is 12.1 Å². The average Bonchev–Trinajstić information content (AvgIpc) is 2.67. The van der Waals surface area contributed by atoms with E-state index in [0.29, 0.717) is 38.5 Å². The van der Waals surface area contributed by atoms with Crippen LogP contribution >= 0.6 is 0 Å². The minimum Gasteiger partial charge on any atom is -0.493 e. The van der Waals surface area contributed by atoms with Gasteiger partial charge in [-0.2, -0.15) is 0 Å². The highest BCUT2D eigenvalue weighted by Crippen LogP contribution is 2.38.